The summed E-state index contributed by atoms with van der Waals surface area (Å²) in [5.74, 6) is 2.37. The molecular weight excluding hydrogens is 286 g/mol. The van der Waals surface area contributed by atoms with Crippen molar-refractivity contribution in [1.29, 1.82) is 0 Å². The third kappa shape index (κ3) is 2.86. The van der Waals surface area contributed by atoms with Gasteiger partial charge in [-0.1, -0.05) is 0 Å². The first-order valence-corrected chi connectivity index (χ1v) is 8.82. The van der Waals surface area contributed by atoms with Crippen LogP contribution in [0, 0.1) is 28.6 Å². The molecule has 4 fully saturated rings. The lowest BCUT2D eigenvalue weighted by molar-refractivity contribution is -0.158. The number of hydrogen-bond donors (Lipinski definition) is 0. The molecule has 5 heteroatoms. The molecule has 0 aliphatic heterocycles. The van der Waals surface area contributed by atoms with Crippen LogP contribution < -0.4 is 0 Å². The van der Waals surface area contributed by atoms with Crippen LogP contribution in [-0.4, -0.2) is 16.3 Å². The molecule has 0 heterocycles. The lowest BCUT2D eigenvalue weighted by Crippen LogP contribution is -2.56. The molecule has 4 bridgehead atoms. The summed E-state index contributed by atoms with van der Waals surface area (Å²) < 4.78 is 8.39. The molecule has 21 heavy (non-hydrogen) atoms. The van der Waals surface area contributed by atoms with Gasteiger partial charge in [0.2, 0.25) is 0 Å². The highest BCUT2D eigenvalue weighted by Crippen LogP contribution is 2.64. The Kier molecular flexibility index (Phi) is 3.83. The van der Waals surface area contributed by atoms with Crippen molar-refractivity contribution in [1.82, 2.24) is 0 Å². The van der Waals surface area contributed by atoms with E-state index in [1.807, 2.05) is 20.8 Å². The molecular formula is C16H25NO3S. The second kappa shape index (κ2) is 5.25. The Morgan fingerprint density at radius 1 is 1.14 bits per heavy atom. The zero-order chi connectivity index (χ0) is 15.3. The van der Waals surface area contributed by atoms with E-state index in [1.165, 1.54) is 6.42 Å². The first kappa shape index (κ1) is 15.3. The summed E-state index contributed by atoms with van der Waals surface area (Å²) in [5.41, 5.74) is -0.469. The van der Waals surface area contributed by atoms with Gasteiger partial charge in [0.05, 0.1) is 11.2 Å². The van der Waals surface area contributed by atoms with Crippen LogP contribution in [0.3, 0.4) is 0 Å². The van der Waals surface area contributed by atoms with Crippen molar-refractivity contribution in [2.75, 3.05) is 0 Å². The fourth-order valence-electron chi connectivity index (χ4n) is 5.12. The third-order valence-electron chi connectivity index (χ3n) is 5.57. The Labute approximate surface area is 130 Å². The molecule has 4 aliphatic carbocycles. The number of rotatable bonds is 4. The predicted molar refractivity (Wildman–Crippen MR) is 83.6 cm³/mol. The largest absolute Gasteiger partial charge is 0.460 e. The quantitative estimate of drug-likeness (QED) is 0.440. The maximum atomic E-state index is 12.4. The molecule has 4 saturated carbocycles. The van der Waals surface area contributed by atoms with Crippen LogP contribution in [0.4, 0.5) is 0 Å². The van der Waals surface area contributed by atoms with E-state index < -0.39 is 5.60 Å². The lowest BCUT2D eigenvalue weighted by Gasteiger charge is -2.59. The Balaban J connectivity index is 1.80. The van der Waals surface area contributed by atoms with Gasteiger partial charge < -0.3 is 4.74 Å². The fraction of sp³-hybridized carbons (Fsp3) is 0.938. The molecule has 0 aromatic rings. The second-order valence-electron chi connectivity index (χ2n) is 8.19. The van der Waals surface area contributed by atoms with E-state index in [0.717, 1.165) is 49.5 Å². The molecule has 4 nitrogen and oxygen atoms in total. The molecule has 4 rings (SSSR count). The van der Waals surface area contributed by atoms with E-state index in [2.05, 4.69) is 4.58 Å². The maximum absolute atomic E-state index is 12.4. The van der Waals surface area contributed by atoms with E-state index in [9.17, 15) is 9.70 Å². The number of carbonyl (C=O) groups excluding carboxylic acids is 1. The minimum Gasteiger partial charge on any atom is -0.460 e. The molecule has 0 amide bonds. The summed E-state index contributed by atoms with van der Waals surface area (Å²) in [5, 5.41) is 0. The van der Waals surface area contributed by atoms with Gasteiger partial charge in [-0.3, -0.25) is 4.79 Å². The number of nitrogens with zero attached hydrogens (tertiary/aromatic N) is 1. The Morgan fingerprint density at radius 2 is 1.67 bits per heavy atom. The highest BCUT2D eigenvalue weighted by Gasteiger charge is 2.59. The van der Waals surface area contributed by atoms with Crippen LogP contribution in [0.5, 0.6) is 0 Å². The number of esters is 1. The van der Waals surface area contributed by atoms with Gasteiger partial charge in [0.1, 0.15) is 5.60 Å². The molecule has 0 unspecified atom stereocenters. The summed E-state index contributed by atoms with van der Waals surface area (Å²) in [4.78, 5) is 23.4. The van der Waals surface area contributed by atoms with E-state index in [-0.39, 0.29) is 10.7 Å². The number of nitroso groups, excluding NO2 is 1. The number of ether oxygens (including phenoxy) is 1. The van der Waals surface area contributed by atoms with E-state index in [1.54, 1.807) is 0 Å². The fourth-order valence-corrected chi connectivity index (χ4v) is 6.13. The average molecular weight is 311 g/mol. The monoisotopic (exact) mass is 311 g/mol. The van der Waals surface area contributed by atoms with Gasteiger partial charge >= 0.3 is 5.97 Å². The van der Waals surface area contributed by atoms with Crippen molar-refractivity contribution in [3.63, 3.8) is 0 Å². The van der Waals surface area contributed by atoms with Crippen LogP contribution in [0.25, 0.3) is 0 Å². The molecule has 0 saturated heterocycles. The van der Waals surface area contributed by atoms with Gasteiger partial charge in [0, 0.05) is 16.5 Å². The molecule has 118 valence electrons. The van der Waals surface area contributed by atoms with Crippen molar-refractivity contribution < 1.29 is 9.53 Å². The van der Waals surface area contributed by atoms with Crippen LogP contribution in [-0.2, 0) is 9.53 Å². The Hall–Kier alpha value is -0.580. The Morgan fingerprint density at radius 3 is 2.10 bits per heavy atom. The van der Waals surface area contributed by atoms with Gasteiger partial charge in [-0.25, -0.2) is 0 Å². The molecule has 0 atom stereocenters. The van der Waals surface area contributed by atoms with Gasteiger partial charge in [-0.2, -0.15) is 0 Å². The molecule has 4 aliphatic rings. The van der Waals surface area contributed by atoms with E-state index in [4.69, 9.17) is 4.74 Å². The van der Waals surface area contributed by atoms with Crippen LogP contribution in [0.2, 0.25) is 0 Å². The van der Waals surface area contributed by atoms with Crippen LogP contribution >= 0.6 is 11.9 Å². The first-order chi connectivity index (χ1) is 9.82. The zero-order valence-electron chi connectivity index (χ0n) is 13.1. The smallest absolute Gasteiger partial charge is 0.307 e. The SMILES string of the molecule is CC(C)(C)OC(=O)CC1(SN=O)C2CC3CC(C2)CC1C3. The van der Waals surface area contributed by atoms with Gasteiger partial charge in [-0.15, -0.1) is 4.91 Å². The van der Waals surface area contributed by atoms with Gasteiger partial charge in [0.25, 0.3) is 0 Å². The highest BCUT2D eigenvalue weighted by molar-refractivity contribution is 7.99. The minimum atomic E-state index is -0.469. The predicted octanol–water partition coefficient (Wildman–Crippen LogP) is 4.33. The molecule has 0 N–H and O–H groups in total. The summed E-state index contributed by atoms with van der Waals surface area (Å²) in [6.45, 7) is 5.67. The topological polar surface area (TPSA) is 55.7 Å². The molecule has 0 spiro atoms. The highest BCUT2D eigenvalue weighted by atomic mass is 32.2. The standard InChI is InChI=1S/C16H25NO3S/c1-15(2,3)20-14(18)9-16(21-17-19)12-5-10-4-11(7-12)8-13(16)6-10/h10-13H,4-9H2,1-3H3. The molecule has 0 aromatic heterocycles. The van der Waals surface area contributed by atoms with Crippen molar-refractivity contribution >= 4 is 17.9 Å². The summed E-state index contributed by atoms with van der Waals surface area (Å²) in [6, 6.07) is 0. The van der Waals surface area contributed by atoms with E-state index in [0.29, 0.717) is 18.3 Å². The van der Waals surface area contributed by atoms with Crippen LogP contribution in [0.1, 0.15) is 59.3 Å². The van der Waals surface area contributed by atoms with Gasteiger partial charge in [-0.05, 0) is 76.5 Å². The summed E-state index contributed by atoms with van der Waals surface area (Å²) in [7, 11) is 0. The van der Waals surface area contributed by atoms with Crippen molar-refractivity contribution in [2.24, 2.45) is 28.3 Å². The van der Waals surface area contributed by atoms with Gasteiger partial charge in [0.15, 0.2) is 0 Å². The zero-order valence-corrected chi connectivity index (χ0v) is 13.9. The molecule has 0 aromatic carbocycles. The number of carbonyl (C=O) groups is 1. The normalized spacial score (nSPS) is 41.1. The van der Waals surface area contributed by atoms with Crippen LogP contribution in [0.15, 0.2) is 4.58 Å². The van der Waals surface area contributed by atoms with Crippen molar-refractivity contribution in [3.8, 4) is 0 Å². The lowest BCUT2D eigenvalue weighted by atomic mass is 9.51. The third-order valence-corrected chi connectivity index (χ3v) is 6.79. The average Bonchev–Trinajstić information content (AvgIpc) is 2.32. The first-order valence-electron chi connectivity index (χ1n) is 8.05. The summed E-state index contributed by atoms with van der Waals surface area (Å²) >= 11 is 1.14. The minimum absolute atomic E-state index is 0.175. The van der Waals surface area contributed by atoms with E-state index >= 15 is 0 Å². The summed E-state index contributed by atoms with van der Waals surface area (Å²) in [6.07, 6.45) is 6.36. The Bertz CT molecular complexity index is 415. The maximum Gasteiger partial charge on any atom is 0.307 e. The second-order valence-corrected chi connectivity index (χ2v) is 9.28. The molecule has 0 radical (unpaired) electrons. The van der Waals surface area contributed by atoms with Crippen molar-refractivity contribution in [3.05, 3.63) is 4.91 Å². The number of hydrogen-bond acceptors (Lipinski definition) is 5. The van der Waals surface area contributed by atoms with Crippen molar-refractivity contribution in [2.45, 2.75) is 69.6 Å².